The van der Waals surface area contributed by atoms with Crippen molar-refractivity contribution in [1.82, 2.24) is 19.3 Å². The molecular formula is C25H37N7O3. The van der Waals surface area contributed by atoms with E-state index >= 15 is 0 Å². The molecule has 0 spiro atoms. The first-order chi connectivity index (χ1) is 16.9. The number of amides is 1. The van der Waals surface area contributed by atoms with Crippen molar-refractivity contribution in [2.75, 3.05) is 38.0 Å². The highest BCUT2D eigenvalue weighted by molar-refractivity contribution is 6.05. The lowest BCUT2D eigenvalue weighted by molar-refractivity contribution is 0.0600. The Labute approximate surface area is 206 Å². The van der Waals surface area contributed by atoms with E-state index in [0.29, 0.717) is 42.2 Å². The van der Waals surface area contributed by atoms with Gasteiger partial charge in [-0.25, -0.2) is 9.78 Å². The maximum absolute atomic E-state index is 13.1. The van der Waals surface area contributed by atoms with Crippen molar-refractivity contribution in [3.63, 3.8) is 0 Å². The Morgan fingerprint density at radius 3 is 2.57 bits per heavy atom. The quantitative estimate of drug-likeness (QED) is 0.404. The average Bonchev–Trinajstić information content (AvgIpc) is 3.44. The number of nitrogens with zero attached hydrogens (tertiary/aromatic N) is 5. The van der Waals surface area contributed by atoms with Crippen molar-refractivity contribution in [2.45, 2.75) is 46.7 Å². The number of aryl methyl sites for hydroxylation is 2. The molecule has 3 N–H and O–H groups in total. The molecule has 1 amide bonds. The minimum atomic E-state index is -0.428. The first kappa shape index (κ1) is 27.6. The minimum Gasteiger partial charge on any atom is -0.465 e. The number of methoxy groups -OCH3 is 1. The van der Waals surface area contributed by atoms with Crippen molar-refractivity contribution in [3.05, 3.63) is 47.8 Å². The van der Waals surface area contributed by atoms with Crippen molar-refractivity contribution < 1.29 is 14.3 Å². The molecule has 2 aromatic heterocycles. The normalized spacial score (nSPS) is 13.8. The van der Waals surface area contributed by atoms with Crippen LogP contribution in [0.5, 0.6) is 0 Å². The lowest BCUT2D eigenvalue weighted by Crippen LogP contribution is -2.33. The molecule has 1 aromatic carbocycles. The molecule has 3 heterocycles. The number of hydrogen-bond acceptors (Lipinski definition) is 7. The molecular weight excluding hydrogens is 446 g/mol. The van der Waals surface area contributed by atoms with E-state index < -0.39 is 5.97 Å². The highest BCUT2D eigenvalue weighted by Gasteiger charge is 2.30. The molecule has 1 aliphatic rings. The highest BCUT2D eigenvalue weighted by atomic mass is 16.5. The van der Waals surface area contributed by atoms with E-state index in [4.69, 9.17) is 4.74 Å². The standard InChI is InChI=1S/C22H26N6O3.C2H6.CH5N/c1-6-8-15-12-26(4)17-11-14(21(30)31-5)10-16-19(17)28(15)22(23-16)24-20(29)18-9-13(3)25-27(18)7-2;2*1-2/h6,9-11,15H,1,7-8,12H2,2-5H3,(H,23,24,29);1-2H3;2H2,1H3. The van der Waals surface area contributed by atoms with Gasteiger partial charge in [-0.15, -0.1) is 6.58 Å². The van der Waals surface area contributed by atoms with Gasteiger partial charge in [0.05, 0.1) is 41.1 Å². The van der Waals surface area contributed by atoms with Crippen LogP contribution < -0.4 is 16.0 Å². The lowest BCUT2D eigenvalue weighted by atomic mass is 10.1. The molecule has 0 saturated carbocycles. The van der Waals surface area contributed by atoms with E-state index in [-0.39, 0.29) is 11.9 Å². The number of aromatic nitrogens is 4. The van der Waals surface area contributed by atoms with Crippen LogP contribution in [0.15, 0.2) is 30.9 Å². The van der Waals surface area contributed by atoms with Gasteiger partial charge in [-0.05, 0) is 45.5 Å². The van der Waals surface area contributed by atoms with Crippen LogP contribution in [0, 0.1) is 6.92 Å². The number of imidazole rings is 1. The fourth-order valence-electron chi connectivity index (χ4n) is 4.18. The molecule has 10 nitrogen and oxygen atoms in total. The minimum absolute atomic E-state index is 0.0390. The van der Waals surface area contributed by atoms with Crippen LogP contribution in [0.25, 0.3) is 11.0 Å². The predicted molar refractivity (Wildman–Crippen MR) is 140 cm³/mol. The van der Waals surface area contributed by atoms with E-state index in [2.05, 4.69) is 32.6 Å². The number of benzene rings is 1. The zero-order valence-corrected chi connectivity index (χ0v) is 21.8. The molecule has 35 heavy (non-hydrogen) atoms. The van der Waals surface area contributed by atoms with Gasteiger partial charge in [0, 0.05) is 20.1 Å². The van der Waals surface area contributed by atoms with Crippen molar-refractivity contribution in [2.24, 2.45) is 5.73 Å². The van der Waals surface area contributed by atoms with E-state index in [0.717, 1.165) is 16.9 Å². The first-order valence-electron chi connectivity index (χ1n) is 11.8. The summed E-state index contributed by atoms with van der Waals surface area (Å²) in [4.78, 5) is 32.0. The first-order valence-corrected chi connectivity index (χ1v) is 11.8. The number of allylic oxidation sites excluding steroid dienone is 1. The van der Waals surface area contributed by atoms with Crippen molar-refractivity contribution >= 4 is 34.5 Å². The Hall–Kier alpha value is -3.66. The fraction of sp³-hybridized carbons (Fsp3) is 0.440. The van der Waals surface area contributed by atoms with Crippen LogP contribution in [0.3, 0.4) is 0 Å². The van der Waals surface area contributed by atoms with Gasteiger partial charge >= 0.3 is 5.97 Å². The van der Waals surface area contributed by atoms with Crippen LogP contribution >= 0.6 is 0 Å². The van der Waals surface area contributed by atoms with Crippen LogP contribution in [0.4, 0.5) is 11.6 Å². The monoisotopic (exact) mass is 483 g/mol. The Balaban J connectivity index is 0.00000103. The molecule has 0 aliphatic carbocycles. The van der Waals surface area contributed by atoms with Gasteiger partial charge in [0.15, 0.2) is 0 Å². The molecule has 10 heteroatoms. The molecule has 0 bridgehead atoms. The summed E-state index contributed by atoms with van der Waals surface area (Å²) in [6.07, 6.45) is 2.57. The summed E-state index contributed by atoms with van der Waals surface area (Å²) in [6, 6.07) is 5.30. The number of likely N-dealkylation sites (N-methyl/N-ethyl adjacent to an activating group) is 1. The Morgan fingerprint density at radius 2 is 1.97 bits per heavy atom. The van der Waals surface area contributed by atoms with E-state index in [1.54, 1.807) is 22.9 Å². The molecule has 0 fully saturated rings. The van der Waals surface area contributed by atoms with Gasteiger partial charge in [0.1, 0.15) is 5.69 Å². The molecule has 1 unspecified atom stereocenters. The van der Waals surface area contributed by atoms with Crippen molar-refractivity contribution in [3.8, 4) is 0 Å². The topological polar surface area (TPSA) is 120 Å². The third kappa shape index (κ3) is 5.37. The summed E-state index contributed by atoms with van der Waals surface area (Å²) >= 11 is 0. The van der Waals surface area contributed by atoms with Gasteiger partial charge in [-0.2, -0.15) is 5.10 Å². The highest BCUT2D eigenvalue weighted by Crippen LogP contribution is 2.39. The second-order valence-corrected chi connectivity index (χ2v) is 7.66. The lowest BCUT2D eigenvalue weighted by Gasteiger charge is -2.33. The number of esters is 1. The van der Waals surface area contributed by atoms with Gasteiger partial charge in [-0.1, -0.05) is 19.9 Å². The van der Waals surface area contributed by atoms with Crippen LogP contribution in [-0.2, 0) is 11.3 Å². The van der Waals surface area contributed by atoms with E-state index in [1.807, 2.05) is 45.4 Å². The smallest absolute Gasteiger partial charge is 0.338 e. The largest absolute Gasteiger partial charge is 0.465 e. The number of rotatable bonds is 6. The summed E-state index contributed by atoms with van der Waals surface area (Å²) in [7, 11) is 4.83. The molecule has 0 radical (unpaired) electrons. The summed E-state index contributed by atoms with van der Waals surface area (Å²) in [5.41, 5.74) is 8.51. The number of carbonyl (C=O) groups is 2. The predicted octanol–water partition coefficient (Wildman–Crippen LogP) is 3.77. The number of anilines is 2. The van der Waals surface area contributed by atoms with Gasteiger partial charge in [0.2, 0.25) is 5.95 Å². The van der Waals surface area contributed by atoms with Crippen LogP contribution in [0.2, 0.25) is 0 Å². The summed E-state index contributed by atoms with van der Waals surface area (Å²) < 4.78 is 8.60. The summed E-state index contributed by atoms with van der Waals surface area (Å²) in [5, 5.41) is 7.32. The number of hydrogen-bond donors (Lipinski definition) is 2. The average molecular weight is 484 g/mol. The number of nitrogens with one attached hydrogen (secondary N) is 1. The van der Waals surface area contributed by atoms with Crippen molar-refractivity contribution in [1.29, 1.82) is 0 Å². The second-order valence-electron chi connectivity index (χ2n) is 7.66. The van der Waals surface area contributed by atoms with Crippen LogP contribution in [0.1, 0.15) is 59.8 Å². The molecule has 1 atom stereocenters. The molecule has 0 saturated heterocycles. The Bertz CT molecular complexity index is 1200. The second kappa shape index (κ2) is 12.2. The number of ether oxygens (including phenoxy) is 1. The molecule has 4 rings (SSSR count). The SMILES string of the molecule is C=CCC1CN(C)c2cc(C(=O)OC)cc3nc(NC(=O)c4cc(C)nn4CC)n1c23.CC.CN. The fourth-order valence-corrected chi connectivity index (χ4v) is 4.18. The third-order valence-electron chi connectivity index (χ3n) is 5.55. The Kier molecular flexibility index (Phi) is 9.59. The van der Waals surface area contributed by atoms with E-state index in [9.17, 15) is 9.59 Å². The zero-order valence-electron chi connectivity index (χ0n) is 21.8. The maximum Gasteiger partial charge on any atom is 0.338 e. The molecule has 190 valence electrons. The molecule has 1 aliphatic heterocycles. The maximum atomic E-state index is 13.1. The summed E-state index contributed by atoms with van der Waals surface area (Å²) in [5.74, 6) is -0.271. The van der Waals surface area contributed by atoms with E-state index in [1.165, 1.54) is 14.2 Å². The van der Waals surface area contributed by atoms with Gasteiger partial charge in [-0.3, -0.25) is 14.8 Å². The summed E-state index contributed by atoms with van der Waals surface area (Å²) in [6.45, 7) is 12.9. The zero-order chi connectivity index (χ0) is 26.3. The van der Waals surface area contributed by atoms with Gasteiger partial charge < -0.3 is 19.9 Å². The van der Waals surface area contributed by atoms with Gasteiger partial charge in [0.25, 0.3) is 5.91 Å². The Morgan fingerprint density at radius 1 is 1.29 bits per heavy atom. The van der Waals surface area contributed by atoms with Crippen LogP contribution in [-0.4, -0.2) is 59.0 Å². The number of nitrogens with two attached hydrogens (primary N) is 1. The molecule has 3 aromatic rings. The number of carbonyl (C=O) groups excluding carboxylic acids is 2. The third-order valence-corrected chi connectivity index (χ3v) is 5.55.